The average molecular weight is 280 g/mol. The second kappa shape index (κ2) is 7.26. The highest BCUT2D eigenvalue weighted by Gasteiger charge is 2.36. The van der Waals surface area contributed by atoms with Crippen molar-refractivity contribution in [2.45, 2.75) is 84.2 Å². The number of likely N-dealkylation sites (tertiary alicyclic amines) is 1. The Balaban J connectivity index is 1.97. The molecule has 0 amide bonds. The lowest BCUT2D eigenvalue weighted by Crippen LogP contribution is -2.49. The van der Waals surface area contributed by atoms with E-state index in [1.165, 1.54) is 64.5 Å². The molecule has 2 fully saturated rings. The highest BCUT2D eigenvalue weighted by molar-refractivity contribution is 4.91. The maximum absolute atomic E-state index is 3.60. The fourth-order valence-electron chi connectivity index (χ4n) is 4.57. The van der Waals surface area contributed by atoms with Gasteiger partial charge in [-0.25, -0.2) is 0 Å². The lowest BCUT2D eigenvalue weighted by atomic mass is 9.69. The van der Waals surface area contributed by atoms with Gasteiger partial charge in [0.1, 0.15) is 0 Å². The maximum Gasteiger partial charge on any atom is 0.0105 e. The minimum atomic E-state index is 0.550. The molecule has 0 aromatic rings. The molecule has 2 rings (SSSR count). The van der Waals surface area contributed by atoms with E-state index in [-0.39, 0.29) is 0 Å². The van der Waals surface area contributed by atoms with E-state index in [1.807, 2.05) is 0 Å². The van der Waals surface area contributed by atoms with Crippen molar-refractivity contribution < 1.29 is 0 Å². The maximum atomic E-state index is 3.60. The molecular formula is C18H36N2. The summed E-state index contributed by atoms with van der Waals surface area (Å²) >= 11 is 0. The van der Waals surface area contributed by atoms with E-state index in [1.54, 1.807) is 0 Å². The zero-order valence-electron chi connectivity index (χ0n) is 14.3. The van der Waals surface area contributed by atoms with Crippen molar-refractivity contribution in [3.05, 3.63) is 0 Å². The molecule has 118 valence electrons. The van der Waals surface area contributed by atoms with Gasteiger partial charge in [-0.05, 0) is 63.5 Å². The van der Waals surface area contributed by atoms with Gasteiger partial charge in [0.25, 0.3) is 0 Å². The fraction of sp³-hybridized carbons (Fsp3) is 1.00. The Morgan fingerprint density at radius 1 is 1.20 bits per heavy atom. The Morgan fingerprint density at radius 3 is 2.70 bits per heavy atom. The van der Waals surface area contributed by atoms with Crippen molar-refractivity contribution in [1.82, 2.24) is 10.2 Å². The third-order valence-electron chi connectivity index (χ3n) is 5.73. The minimum Gasteiger partial charge on any atom is -0.317 e. The molecule has 1 saturated heterocycles. The molecule has 20 heavy (non-hydrogen) atoms. The third-order valence-corrected chi connectivity index (χ3v) is 5.73. The van der Waals surface area contributed by atoms with Crippen LogP contribution < -0.4 is 5.32 Å². The third kappa shape index (κ3) is 4.21. The number of nitrogens with zero attached hydrogens (tertiary/aromatic N) is 1. The first-order chi connectivity index (χ1) is 9.55. The summed E-state index contributed by atoms with van der Waals surface area (Å²) in [7, 11) is 2.16. The van der Waals surface area contributed by atoms with Crippen LogP contribution in [0.1, 0.15) is 72.1 Å². The van der Waals surface area contributed by atoms with Gasteiger partial charge in [-0.2, -0.15) is 0 Å². The first-order valence-corrected chi connectivity index (χ1v) is 8.97. The van der Waals surface area contributed by atoms with Gasteiger partial charge in [-0.3, -0.25) is 0 Å². The summed E-state index contributed by atoms with van der Waals surface area (Å²) in [5, 5.41) is 3.60. The smallest absolute Gasteiger partial charge is 0.0105 e. The quantitative estimate of drug-likeness (QED) is 0.817. The van der Waals surface area contributed by atoms with Gasteiger partial charge < -0.3 is 10.2 Å². The lowest BCUT2D eigenvalue weighted by Gasteiger charge is -2.45. The molecule has 1 heterocycles. The molecule has 2 aliphatic rings. The van der Waals surface area contributed by atoms with E-state index < -0.39 is 0 Å². The largest absolute Gasteiger partial charge is 0.317 e. The van der Waals surface area contributed by atoms with Crippen LogP contribution in [0.4, 0.5) is 0 Å². The van der Waals surface area contributed by atoms with Crippen molar-refractivity contribution in [2.75, 3.05) is 20.1 Å². The molecule has 1 saturated carbocycles. The predicted octanol–water partition coefficient (Wildman–Crippen LogP) is 4.06. The van der Waals surface area contributed by atoms with E-state index in [0.29, 0.717) is 5.41 Å². The van der Waals surface area contributed by atoms with Gasteiger partial charge in [0.05, 0.1) is 0 Å². The summed E-state index contributed by atoms with van der Waals surface area (Å²) in [5.41, 5.74) is 0.550. The van der Waals surface area contributed by atoms with Crippen molar-refractivity contribution in [3.8, 4) is 0 Å². The molecule has 0 spiro atoms. The summed E-state index contributed by atoms with van der Waals surface area (Å²) in [5.74, 6) is 0.848. The standard InChI is InChI=1S/C18H36N2/c1-5-8-16-9-6-7-12-20(16)14-15-13-18(2,3)11-10-17(15)19-4/h15-17,19H,5-14H2,1-4H3. The molecule has 0 aromatic heterocycles. The monoisotopic (exact) mass is 280 g/mol. The van der Waals surface area contributed by atoms with E-state index in [9.17, 15) is 0 Å². The van der Waals surface area contributed by atoms with Gasteiger partial charge in [0.2, 0.25) is 0 Å². The number of hydrogen-bond acceptors (Lipinski definition) is 2. The Morgan fingerprint density at radius 2 is 2.00 bits per heavy atom. The second-order valence-corrected chi connectivity index (χ2v) is 8.00. The van der Waals surface area contributed by atoms with Crippen molar-refractivity contribution >= 4 is 0 Å². The Kier molecular flexibility index (Phi) is 5.92. The van der Waals surface area contributed by atoms with Gasteiger partial charge in [-0.15, -0.1) is 0 Å². The summed E-state index contributed by atoms with van der Waals surface area (Å²) in [6.07, 6.45) is 11.2. The molecule has 0 aromatic carbocycles. The lowest BCUT2D eigenvalue weighted by molar-refractivity contribution is 0.0641. The van der Waals surface area contributed by atoms with Gasteiger partial charge in [-0.1, -0.05) is 33.6 Å². The van der Waals surface area contributed by atoms with E-state index >= 15 is 0 Å². The Hall–Kier alpha value is -0.0800. The number of rotatable bonds is 5. The second-order valence-electron chi connectivity index (χ2n) is 8.00. The van der Waals surface area contributed by atoms with Gasteiger partial charge >= 0.3 is 0 Å². The number of nitrogens with one attached hydrogen (secondary N) is 1. The molecule has 0 bridgehead atoms. The van der Waals surface area contributed by atoms with Crippen LogP contribution in [0.25, 0.3) is 0 Å². The van der Waals surface area contributed by atoms with Gasteiger partial charge in [0.15, 0.2) is 0 Å². The molecule has 1 N–H and O–H groups in total. The molecule has 1 aliphatic heterocycles. The SMILES string of the molecule is CCCC1CCCCN1CC1CC(C)(C)CCC1NC. The first kappa shape index (κ1) is 16.3. The van der Waals surface area contributed by atoms with Crippen LogP contribution in [-0.4, -0.2) is 37.1 Å². The molecule has 3 unspecified atom stereocenters. The Labute approximate surface area is 126 Å². The van der Waals surface area contributed by atoms with Crippen molar-refractivity contribution in [2.24, 2.45) is 11.3 Å². The number of hydrogen-bond donors (Lipinski definition) is 1. The van der Waals surface area contributed by atoms with E-state index in [2.05, 4.69) is 38.0 Å². The molecule has 2 heteroatoms. The highest BCUT2D eigenvalue weighted by atomic mass is 15.2. The van der Waals surface area contributed by atoms with Crippen LogP contribution in [0.5, 0.6) is 0 Å². The fourth-order valence-corrected chi connectivity index (χ4v) is 4.57. The molecule has 1 aliphatic carbocycles. The number of piperidine rings is 1. The summed E-state index contributed by atoms with van der Waals surface area (Å²) < 4.78 is 0. The van der Waals surface area contributed by atoms with Crippen molar-refractivity contribution in [1.29, 1.82) is 0 Å². The molecular weight excluding hydrogens is 244 g/mol. The van der Waals surface area contributed by atoms with Crippen LogP contribution in [0, 0.1) is 11.3 Å². The van der Waals surface area contributed by atoms with Crippen LogP contribution in [0.15, 0.2) is 0 Å². The van der Waals surface area contributed by atoms with Gasteiger partial charge in [0, 0.05) is 18.6 Å². The van der Waals surface area contributed by atoms with Crippen LogP contribution in [0.2, 0.25) is 0 Å². The van der Waals surface area contributed by atoms with Crippen LogP contribution in [0.3, 0.4) is 0 Å². The summed E-state index contributed by atoms with van der Waals surface area (Å²) in [4.78, 5) is 2.84. The van der Waals surface area contributed by atoms with Crippen LogP contribution in [-0.2, 0) is 0 Å². The Bertz CT molecular complexity index is 285. The molecule has 0 radical (unpaired) electrons. The van der Waals surface area contributed by atoms with Crippen LogP contribution >= 0.6 is 0 Å². The highest BCUT2D eigenvalue weighted by Crippen LogP contribution is 2.39. The normalized spacial score (nSPS) is 35.1. The van der Waals surface area contributed by atoms with E-state index in [4.69, 9.17) is 0 Å². The minimum absolute atomic E-state index is 0.550. The molecule has 3 atom stereocenters. The molecule has 2 nitrogen and oxygen atoms in total. The predicted molar refractivity (Wildman–Crippen MR) is 88.1 cm³/mol. The summed E-state index contributed by atoms with van der Waals surface area (Å²) in [6.45, 7) is 9.95. The zero-order chi connectivity index (χ0) is 14.6. The van der Waals surface area contributed by atoms with E-state index in [0.717, 1.165) is 18.0 Å². The topological polar surface area (TPSA) is 15.3 Å². The zero-order valence-corrected chi connectivity index (χ0v) is 14.3. The van der Waals surface area contributed by atoms with Crippen molar-refractivity contribution in [3.63, 3.8) is 0 Å². The summed E-state index contributed by atoms with van der Waals surface area (Å²) in [6, 6.07) is 1.61. The first-order valence-electron chi connectivity index (χ1n) is 8.97. The average Bonchev–Trinajstić information content (AvgIpc) is 2.41.